The third kappa shape index (κ3) is 4.17. The van der Waals surface area contributed by atoms with Crippen LogP contribution in [0, 0.1) is 12.8 Å². The summed E-state index contributed by atoms with van der Waals surface area (Å²) < 4.78 is 33.0. The highest BCUT2D eigenvalue weighted by Gasteiger charge is 2.34. The Balaban J connectivity index is 1.50. The predicted octanol–water partition coefficient (Wildman–Crippen LogP) is 2.37. The summed E-state index contributed by atoms with van der Waals surface area (Å²) in [6, 6.07) is 11.9. The number of ether oxygens (including phenoxy) is 1. The summed E-state index contributed by atoms with van der Waals surface area (Å²) in [7, 11) is -3.81. The summed E-state index contributed by atoms with van der Waals surface area (Å²) in [4.78, 5) is 24.3. The van der Waals surface area contributed by atoms with Crippen molar-refractivity contribution in [3.05, 3.63) is 48.0 Å². The van der Waals surface area contributed by atoms with Gasteiger partial charge >= 0.3 is 0 Å². The summed E-state index contributed by atoms with van der Waals surface area (Å²) in [5, 5.41) is 5.51. The minimum absolute atomic E-state index is 0.0618. The van der Waals surface area contributed by atoms with Crippen LogP contribution in [0.1, 0.15) is 18.4 Å². The highest BCUT2D eigenvalue weighted by atomic mass is 32.2. The van der Waals surface area contributed by atoms with Gasteiger partial charge in [-0.05, 0) is 55.7 Å². The van der Waals surface area contributed by atoms with Crippen molar-refractivity contribution in [2.24, 2.45) is 5.92 Å². The molecule has 0 radical (unpaired) electrons. The van der Waals surface area contributed by atoms with Gasteiger partial charge in [-0.2, -0.15) is 4.31 Å². The van der Waals surface area contributed by atoms with E-state index in [2.05, 4.69) is 10.6 Å². The van der Waals surface area contributed by atoms with E-state index in [0.29, 0.717) is 36.5 Å². The average molecular weight is 429 g/mol. The molecule has 0 bridgehead atoms. The second-order valence-corrected chi connectivity index (χ2v) is 9.49. The number of anilines is 2. The SMILES string of the molecule is Cc1cccc(NC(=O)C2CCCN(S(=O)(=O)c3ccc4c(c3)NC(=O)CO4)C2)c1. The summed E-state index contributed by atoms with van der Waals surface area (Å²) in [6.07, 6.45) is 1.22. The molecule has 1 atom stereocenters. The van der Waals surface area contributed by atoms with Crippen molar-refractivity contribution in [2.45, 2.75) is 24.7 Å². The zero-order chi connectivity index (χ0) is 21.3. The number of benzene rings is 2. The van der Waals surface area contributed by atoms with Crippen LogP contribution in [-0.2, 0) is 19.6 Å². The first-order chi connectivity index (χ1) is 14.3. The molecule has 0 spiro atoms. The van der Waals surface area contributed by atoms with Crippen molar-refractivity contribution in [3.8, 4) is 5.75 Å². The second-order valence-electron chi connectivity index (χ2n) is 7.56. The van der Waals surface area contributed by atoms with Gasteiger partial charge in [0.2, 0.25) is 15.9 Å². The monoisotopic (exact) mass is 429 g/mol. The van der Waals surface area contributed by atoms with Gasteiger partial charge in [0.15, 0.2) is 6.61 Å². The molecule has 1 saturated heterocycles. The molecule has 1 unspecified atom stereocenters. The van der Waals surface area contributed by atoms with Crippen LogP contribution in [0.5, 0.6) is 5.75 Å². The molecular formula is C21H23N3O5S. The number of sulfonamides is 1. The second kappa shape index (κ2) is 8.08. The molecular weight excluding hydrogens is 406 g/mol. The molecule has 0 aromatic heterocycles. The molecule has 4 rings (SSSR count). The standard InChI is InChI=1S/C21H23N3O5S/c1-14-4-2-6-16(10-14)22-21(26)15-5-3-9-24(12-15)30(27,28)17-7-8-19-18(11-17)23-20(25)13-29-19/h2,4,6-8,10-11,15H,3,5,9,12-13H2,1H3,(H,22,26)(H,23,25). The Hall–Kier alpha value is -2.91. The molecule has 2 heterocycles. The molecule has 1 fully saturated rings. The van der Waals surface area contributed by atoms with Crippen LogP contribution in [0.25, 0.3) is 0 Å². The van der Waals surface area contributed by atoms with Gasteiger partial charge in [0, 0.05) is 18.8 Å². The quantitative estimate of drug-likeness (QED) is 0.776. The van der Waals surface area contributed by atoms with E-state index < -0.39 is 15.9 Å². The van der Waals surface area contributed by atoms with E-state index in [4.69, 9.17) is 4.74 Å². The van der Waals surface area contributed by atoms with Crippen LogP contribution >= 0.6 is 0 Å². The zero-order valence-electron chi connectivity index (χ0n) is 16.6. The Morgan fingerprint density at radius 3 is 2.87 bits per heavy atom. The van der Waals surface area contributed by atoms with Gasteiger partial charge in [0.05, 0.1) is 16.5 Å². The lowest BCUT2D eigenvalue weighted by atomic mass is 9.98. The number of fused-ring (bicyclic) bond motifs is 1. The van der Waals surface area contributed by atoms with Crippen LogP contribution in [0.15, 0.2) is 47.4 Å². The van der Waals surface area contributed by atoms with E-state index in [1.165, 1.54) is 22.5 Å². The van der Waals surface area contributed by atoms with Gasteiger partial charge in [-0.1, -0.05) is 12.1 Å². The van der Waals surface area contributed by atoms with E-state index >= 15 is 0 Å². The minimum atomic E-state index is -3.81. The molecule has 8 nitrogen and oxygen atoms in total. The number of hydrogen-bond donors (Lipinski definition) is 2. The first kappa shape index (κ1) is 20.4. The summed E-state index contributed by atoms with van der Waals surface area (Å²) in [5.74, 6) is -0.521. The minimum Gasteiger partial charge on any atom is -0.482 e. The lowest BCUT2D eigenvalue weighted by molar-refractivity contribution is -0.121. The largest absolute Gasteiger partial charge is 0.482 e. The van der Waals surface area contributed by atoms with Gasteiger partial charge in [-0.15, -0.1) is 0 Å². The fourth-order valence-electron chi connectivity index (χ4n) is 3.71. The van der Waals surface area contributed by atoms with Crippen molar-refractivity contribution in [1.29, 1.82) is 0 Å². The molecule has 2 aromatic carbocycles. The Kier molecular flexibility index (Phi) is 5.48. The Morgan fingerprint density at radius 2 is 2.07 bits per heavy atom. The van der Waals surface area contributed by atoms with Crippen molar-refractivity contribution < 1.29 is 22.7 Å². The summed E-state index contributed by atoms with van der Waals surface area (Å²) >= 11 is 0. The van der Waals surface area contributed by atoms with Crippen LogP contribution in [0.2, 0.25) is 0 Å². The molecule has 0 saturated carbocycles. The van der Waals surface area contributed by atoms with Crippen LogP contribution in [0.3, 0.4) is 0 Å². The molecule has 9 heteroatoms. The summed E-state index contributed by atoms with van der Waals surface area (Å²) in [5.41, 5.74) is 2.06. The van der Waals surface area contributed by atoms with Gasteiger partial charge in [-0.25, -0.2) is 8.42 Å². The lowest BCUT2D eigenvalue weighted by Gasteiger charge is -2.31. The van der Waals surface area contributed by atoms with Gasteiger partial charge in [0.25, 0.3) is 5.91 Å². The van der Waals surface area contributed by atoms with E-state index in [9.17, 15) is 18.0 Å². The number of rotatable bonds is 4. The molecule has 2 aliphatic rings. The van der Waals surface area contributed by atoms with Crippen LogP contribution < -0.4 is 15.4 Å². The summed E-state index contributed by atoms with van der Waals surface area (Å²) in [6.45, 7) is 2.30. The number of piperidine rings is 1. The number of carbonyl (C=O) groups excluding carboxylic acids is 2. The maximum absolute atomic E-state index is 13.2. The van der Waals surface area contributed by atoms with Crippen molar-refractivity contribution >= 4 is 33.2 Å². The van der Waals surface area contributed by atoms with Gasteiger partial charge in [0.1, 0.15) is 5.75 Å². The zero-order valence-corrected chi connectivity index (χ0v) is 17.4. The highest BCUT2D eigenvalue weighted by molar-refractivity contribution is 7.89. The van der Waals surface area contributed by atoms with Gasteiger partial charge in [-0.3, -0.25) is 9.59 Å². The Bertz CT molecular complexity index is 1100. The number of carbonyl (C=O) groups is 2. The van der Waals surface area contributed by atoms with Crippen molar-refractivity contribution in [1.82, 2.24) is 4.31 Å². The molecule has 2 N–H and O–H groups in total. The Morgan fingerprint density at radius 1 is 1.23 bits per heavy atom. The maximum Gasteiger partial charge on any atom is 0.262 e. The van der Waals surface area contributed by atoms with Gasteiger partial charge < -0.3 is 15.4 Å². The van der Waals surface area contributed by atoms with Crippen LogP contribution in [0.4, 0.5) is 11.4 Å². The van der Waals surface area contributed by atoms with Crippen molar-refractivity contribution in [2.75, 3.05) is 30.3 Å². The third-order valence-corrected chi connectivity index (χ3v) is 7.12. The number of nitrogens with zero attached hydrogens (tertiary/aromatic N) is 1. The first-order valence-corrected chi connectivity index (χ1v) is 11.2. The number of hydrogen-bond acceptors (Lipinski definition) is 5. The molecule has 2 amide bonds. The van der Waals surface area contributed by atoms with E-state index in [1.807, 2.05) is 31.2 Å². The van der Waals surface area contributed by atoms with E-state index in [-0.39, 0.29) is 29.9 Å². The molecule has 2 aliphatic heterocycles. The van der Waals surface area contributed by atoms with Crippen molar-refractivity contribution in [3.63, 3.8) is 0 Å². The predicted molar refractivity (Wildman–Crippen MR) is 112 cm³/mol. The topological polar surface area (TPSA) is 105 Å². The molecule has 158 valence electrons. The average Bonchev–Trinajstić information content (AvgIpc) is 2.73. The normalized spacial score (nSPS) is 19.4. The lowest BCUT2D eigenvalue weighted by Crippen LogP contribution is -2.43. The fraction of sp³-hybridized carbons (Fsp3) is 0.333. The van der Waals surface area contributed by atoms with Crippen LogP contribution in [-0.4, -0.2) is 44.2 Å². The molecule has 30 heavy (non-hydrogen) atoms. The molecule has 2 aromatic rings. The van der Waals surface area contributed by atoms with E-state index in [0.717, 1.165) is 5.56 Å². The van der Waals surface area contributed by atoms with E-state index in [1.54, 1.807) is 0 Å². The number of amides is 2. The smallest absolute Gasteiger partial charge is 0.262 e. The number of aryl methyl sites for hydroxylation is 1. The number of nitrogens with one attached hydrogen (secondary N) is 2. The molecule has 0 aliphatic carbocycles. The Labute approximate surface area is 175 Å². The fourth-order valence-corrected chi connectivity index (χ4v) is 5.26. The maximum atomic E-state index is 13.2. The third-order valence-electron chi connectivity index (χ3n) is 5.26. The first-order valence-electron chi connectivity index (χ1n) is 9.77. The highest BCUT2D eigenvalue weighted by Crippen LogP contribution is 2.32.